The number of hydrazone groups is 1. The molecule has 1 unspecified atom stereocenters. The molecule has 2 aliphatic heterocycles. The van der Waals surface area contributed by atoms with Gasteiger partial charge >= 0.3 is 0 Å². The summed E-state index contributed by atoms with van der Waals surface area (Å²) in [6.45, 7) is 8.11. The minimum Gasteiger partial charge on any atom is -0.342 e. The van der Waals surface area contributed by atoms with E-state index >= 15 is 0 Å². The maximum Gasteiger partial charge on any atom is 0.259 e. The highest BCUT2D eigenvalue weighted by molar-refractivity contribution is 5.93. The zero-order valence-corrected chi connectivity index (χ0v) is 23.4. The SMILES string of the molecule is CC(C)CN1CC(c2cc3cc[nH]c(=O)c3c(Nc3ccc(C4CCN(C(=O)CN(C)C)CC4)cc3)n2)C=N1. The Balaban J connectivity index is 1.31. The number of hydrogen-bond donors (Lipinski definition) is 2. The second-order valence-electron chi connectivity index (χ2n) is 11.4. The van der Waals surface area contributed by atoms with Crippen molar-refractivity contribution < 1.29 is 4.79 Å². The summed E-state index contributed by atoms with van der Waals surface area (Å²) < 4.78 is 0. The molecule has 1 atom stereocenters. The molecular weight excluding hydrogens is 490 g/mol. The third-order valence-corrected chi connectivity index (χ3v) is 7.49. The van der Waals surface area contributed by atoms with Crippen molar-refractivity contribution in [3.63, 3.8) is 0 Å². The number of aromatic amines is 1. The van der Waals surface area contributed by atoms with Gasteiger partial charge in [0.25, 0.3) is 5.56 Å². The Kier molecular flexibility index (Phi) is 7.97. The Morgan fingerprint density at radius 1 is 1.15 bits per heavy atom. The number of H-pyrrole nitrogens is 1. The van der Waals surface area contributed by atoms with Crippen LogP contribution < -0.4 is 10.9 Å². The fourth-order valence-electron chi connectivity index (χ4n) is 5.53. The maximum absolute atomic E-state index is 12.8. The number of benzene rings is 1. The number of rotatable bonds is 8. The van der Waals surface area contributed by atoms with E-state index in [4.69, 9.17) is 4.98 Å². The standard InChI is InChI=1S/C30H39N7O2/c1-20(2)17-37-18-24(16-32-37)26-15-23-9-12-31-30(39)28(23)29(34-26)33-25-7-5-21(6-8-25)22-10-13-36(14-11-22)27(38)19-35(3)4/h5-9,12,15-16,20,22,24H,10-11,13-14,17-19H2,1-4H3,(H,31,39)(H,33,34). The lowest BCUT2D eigenvalue weighted by molar-refractivity contribution is -0.132. The topological polar surface area (TPSA) is 96.9 Å². The molecule has 2 aromatic heterocycles. The van der Waals surface area contributed by atoms with E-state index in [-0.39, 0.29) is 17.4 Å². The summed E-state index contributed by atoms with van der Waals surface area (Å²) in [5.41, 5.74) is 2.89. The summed E-state index contributed by atoms with van der Waals surface area (Å²) in [4.78, 5) is 36.8. The van der Waals surface area contributed by atoms with Crippen molar-refractivity contribution in [1.82, 2.24) is 24.8 Å². The van der Waals surface area contributed by atoms with Gasteiger partial charge in [0.05, 0.1) is 23.5 Å². The molecule has 2 N–H and O–H groups in total. The van der Waals surface area contributed by atoms with Crippen LogP contribution in [-0.2, 0) is 4.79 Å². The lowest BCUT2D eigenvalue weighted by atomic mass is 9.89. The van der Waals surface area contributed by atoms with E-state index in [9.17, 15) is 9.59 Å². The van der Waals surface area contributed by atoms with E-state index in [2.05, 4.69) is 58.5 Å². The summed E-state index contributed by atoms with van der Waals surface area (Å²) >= 11 is 0. The van der Waals surface area contributed by atoms with Crippen molar-refractivity contribution in [3.05, 3.63) is 64.2 Å². The normalized spacial score (nSPS) is 18.1. The second-order valence-corrected chi connectivity index (χ2v) is 11.4. The van der Waals surface area contributed by atoms with Gasteiger partial charge in [-0.1, -0.05) is 26.0 Å². The van der Waals surface area contributed by atoms with Crippen LogP contribution in [0.5, 0.6) is 0 Å². The Bertz CT molecular complexity index is 1390. The summed E-state index contributed by atoms with van der Waals surface area (Å²) in [5.74, 6) is 1.79. The van der Waals surface area contributed by atoms with E-state index in [0.29, 0.717) is 29.6 Å². The van der Waals surface area contributed by atoms with Gasteiger partial charge in [-0.2, -0.15) is 5.10 Å². The first-order valence-corrected chi connectivity index (χ1v) is 13.9. The second kappa shape index (κ2) is 11.6. The van der Waals surface area contributed by atoms with Gasteiger partial charge in [0.15, 0.2) is 0 Å². The summed E-state index contributed by atoms with van der Waals surface area (Å²) in [6, 6.07) is 12.3. The molecule has 0 spiro atoms. The largest absolute Gasteiger partial charge is 0.342 e. The Hall–Kier alpha value is -3.72. The van der Waals surface area contributed by atoms with Gasteiger partial charge in [-0.15, -0.1) is 0 Å². The first-order chi connectivity index (χ1) is 18.8. The molecule has 0 saturated carbocycles. The van der Waals surface area contributed by atoms with Crippen LogP contribution >= 0.6 is 0 Å². The Morgan fingerprint density at radius 3 is 2.59 bits per heavy atom. The predicted molar refractivity (Wildman–Crippen MR) is 157 cm³/mol. The maximum atomic E-state index is 12.8. The average Bonchev–Trinajstić information content (AvgIpc) is 3.36. The molecular formula is C30H39N7O2. The van der Waals surface area contributed by atoms with Gasteiger partial charge in [0.2, 0.25) is 5.91 Å². The van der Waals surface area contributed by atoms with Gasteiger partial charge in [-0.25, -0.2) is 4.98 Å². The zero-order chi connectivity index (χ0) is 27.5. The molecule has 1 amide bonds. The number of carbonyl (C=O) groups excluding carboxylic acids is 1. The van der Waals surface area contributed by atoms with Crippen molar-refractivity contribution in [1.29, 1.82) is 0 Å². The molecule has 1 aromatic carbocycles. The van der Waals surface area contributed by atoms with Crippen LogP contribution in [0.1, 0.15) is 49.8 Å². The molecule has 5 rings (SSSR count). The lowest BCUT2D eigenvalue weighted by Gasteiger charge is -2.33. The molecule has 1 saturated heterocycles. The third-order valence-electron chi connectivity index (χ3n) is 7.49. The highest BCUT2D eigenvalue weighted by atomic mass is 16.2. The fourth-order valence-corrected chi connectivity index (χ4v) is 5.53. The first-order valence-electron chi connectivity index (χ1n) is 13.9. The van der Waals surface area contributed by atoms with Gasteiger partial charge < -0.3 is 20.1 Å². The molecule has 3 aromatic rings. The summed E-state index contributed by atoms with van der Waals surface area (Å²) in [5, 5.41) is 11.5. The van der Waals surface area contributed by atoms with Crippen LogP contribution in [0.25, 0.3) is 10.8 Å². The van der Waals surface area contributed by atoms with Crippen molar-refractivity contribution >= 4 is 34.4 Å². The van der Waals surface area contributed by atoms with Crippen LogP contribution in [0.4, 0.5) is 11.5 Å². The van der Waals surface area contributed by atoms with Crippen LogP contribution in [-0.4, -0.2) is 83.7 Å². The van der Waals surface area contributed by atoms with Gasteiger partial charge in [-0.3, -0.25) is 14.6 Å². The molecule has 4 heterocycles. The van der Waals surface area contributed by atoms with Crippen LogP contribution in [0.3, 0.4) is 0 Å². The number of likely N-dealkylation sites (tertiary alicyclic amines) is 1. The molecule has 39 heavy (non-hydrogen) atoms. The zero-order valence-electron chi connectivity index (χ0n) is 23.4. The number of piperidine rings is 1. The quantitative estimate of drug-likeness (QED) is 0.458. The van der Waals surface area contributed by atoms with Crippen molar-refractivity contribution in [2.45, 2.75) is 38.5 Å². The van der Waals surface area contributed by atoms with Crippen molar-refractivity contribution in [2.75, 3.05) is 52.1 Å². The molecule has 9 nitrogen and oxygen atoms in total. The number of likely N-dealkylation sites (N-methyl/N-ethyl adjacent to an activating group) is 1. The van der Waals surface area contributed by atoms with Crippen LogP contribution in [0, 0.1) is 5.92 Å². The van der Waals surface area contributed by atoms with Gasteiger partial charge in [0.1, 0.15) is 5.82 Å². The highest BCUT2D eigenvalue weighted by Crippen LogP contribution is 2.31. The molecule has 0 bridgehead atoms. The summed E-state index contributed by atoms with van der Waals surface area (Å²) in [7, 11) is 3.85. The molecule has 206 valence electrons. The number of nitrogens with zero attached hydrogens (tertiary/aromatic N) is 5. The van der Waals surface area contributed by atoms with E-state index < -0.39 is 0 Å². The summed E-state index contributed by atoms with van der Waals surface area (Å²) in [6.07, 6.45) is 5.57. The Labute approximate surface area is 229 Å². The van der Waals surface area contributed by atoms with E-state index in [1.54, 1.807) is 6.20 Å². The van der Waals surface area contributed by atoms with Crippen LogP contribution in [0.2, 0.25) is 0 Å². The van der Waals surface area contributed by atoms with E-state index in [0.717, 1.165) is 55.8 Å². The number of anilines is 2. The number of amides is 1. The molecule has 9 heteroatoms. The predicted octanol–water partition coefficient (Wildman–Crippen LogP) is 3.98. The average molecular weight is 530 g/mol. The molecule has 2 aliphatic rings. The number of fused-ring (bicyclic) bond motifs is 1. The number of hydrogen-bond acceptors (Lipinski definition) is 7. The first kappa shape index (κ1) is 26.9. The Morgan fingerprint density at radius 2 is 1.90 bits per heavy atom. The van der Waals surface area contributed by atoms with E-state index in [1.165, 1.54) is 5.56 Å². The molecule has 0 aliphatic carbocycles. The molecule has 1 fully saturated rings. The highest BCUT2D eigenvalue weighted by Gasteiger charge is 2.25. The smallest absolute Gasteiger partial charge is 0.259 e. The van der Waals surface area contributed by atoms with Crippen LogP contribution in [0.15, 0.2) is 52.5 Å². The number of aromatic nitrogens is 2. The molecule has 0 radical (unpaired) electrons. The number of nitrogens with one attached hydrogen (secondary N) is 2. The van der Waals surface area contributed by atoms with Crippen molar-refractivity contribution in [3.8, 4) is 0 Å². The number of pyridine rings is 2. The minimum absolute atomic E-state index is 0.0749. The monoisotopic (exact) mass is 529 g/mol. The fraction of sp³-hybridized carbons (Fsp3) is 0.467. The minimum atomic E-state index is -0.164. The number of carbonyl (C=O) groups is 1. The lowest BCUT2D eigenvalue weighted by Crippen LogP contribution is -2.42. The van der Waals surface area contributed by atoms with Gasteiger partial charge in [0, 0.05) is 44.3 Å². The van der Waals surface area contributed by atoms with Crippen molar-refractivity contribution in [2.24, 2.45) is 11.0 Å². The van der Waals surface area contributed by atoms with E-state index in [1.807, 2.05) is 42.2 Å². The third kappa shape index (κ3) is 6.30. The van der Waals surface area contributed by atoms with Gasteiger partial charge in [-0.05, 0) is 74.0 Å².